The number of aliphatic imine (C=N–C) groups is 1. The Morgan fingerprint density at radius 3 is 2.73 bits per heavy atom. The van der Waals surface area contributed by atoms with E-state index in [1.54, 1.807) is 6.08 Å². The number of amidine groups is 1. The van der Waals surface area contributed by atoms with Gasteiger partial charge in [-0.2, -0.15) is 4.99 Å². The minimum Gasteiger partial charge on any atom is -0.342 e. The molecule has 3 fully saturated rings. The van der Waals surface area contributed by atoms with Crippen molar-refractivity contribution in [2.75, 3.05) is 18.1 Å². The van der Waals surface area contributed by atoms with E-state index in [4.69, 9.17) is 0 Å². The maximum absolute atomic E-state index is 12.4. The first-order valence-corrected chi connectivity index (χ1v) is 10.6. The zero-order valence-electron chi connectivity index (χ0n) is 12.6. The molecule has 2 heterocycles. The van der Waals surface area contributed by atoms with E-state index in [2.05, 4.69) is 11.6 Å². The largest absolute Gasteiger partial charge is 0.342 e. The van der Waals surface area contributed by atoms with Crippen molar-refractivity contribution in [3.63, 3.8) is 0 Å². The lowest BCUT2D eigenvalue weighted by molar-refractivity contribution is -0.122. The summed E-state index contributed by atoms with van der Waals surface area (Å²) in [6.45, 7) is 4.28. The van der Waals surface area contributed by atoms with Gasteiger partial charge in [0.15, 0.2) is 15.0 Å². The van der Waals surface area contributed by atoms with Crippen LogP contribution in [0, 0.1) is 5.92 Å². The zero-order chi connectivity index (χ0) is 15.7. The number of amides is 1. The van der Waals surface area contributed by atoms with E-state index < -0.39 is 9.84 Å². The van der Waals surface area contributed by atoms with Gasteiger partial charge < -0.3 is 4.90 Å². The van der Waals surface area contributed by atoms with Crippen molar-refractivity contribution in [1.82, 2.24) is 4.90 Å². The van der Waals surface area contributed by atoms with Crippen LogP contribution in [0.1, 0.15) is 32.1 Å². The molecule has 122 valence electrons. The minimum atomic E-state index is -2.97. The molecular weight excluding hydrogens is 320 g/mol. The second-order valence-electron chi connectivity index (χ2n) is 6.31. The highest BCUT2D eigenvalue weighted by molar-refractivity contribution is 8.15. The van der Waals surface area contributed by atoms with Crippen molar-refractivity contribution in [3.8, 4) is 0 Å². The first-order valence-electron chi connectivity index (χ1n) is 7.87. The highest BCUT2D eigenvalue weighted by Gasteiger charge is 2.48. The molecule has 1 saturated carbocycles. The van der Waals surface area contributed by atoms with Crippen LogP contribution in [0.3, 0.4) is 0 Å². The van der Waals surface area contributed by atoms with E-state index in [1.165, 1.54) is 18.2 Å². The summed E-state index contributed by atoms with van der Waals surface area (Å²) < 4.78 is 23.6. The van der Waals surface area contributed by atoms with Crippen molar-refractivity contribution >= 4 is 32.7 Å². The lowest BCUT2D eigenvalue weighted by atomic mass is 9.89. The van der Waals surface area contributed by atoms with Gasteiger partial charge in [0.05, 0.1) is 17.5 Å². The van der Waals surface area contributed by atoms with Crippen LogP contribution >= 0.6 is 11.8 Å². The summed E-state index contributed by atoms with van der Waals surface area (Å²) in [7, 11) is -2.97. The number of carbonyl (C=O) groups excluding carboxylic acids is 1. The third-order valence-electron chi connectivity index (χ3n) is 4.66. The monoisotopic (exact) mass is 342 g/mol. The van der Waals surface area contributed by atoms with Crippen LogP contribution in [-0.2, 0) is 14.6 Å². The summed E-state index contributed by atoms with van der Waals surface area (Å²) >= 11 is 1.45. The van der Waals surface area contributed by atoms with Crippen LogP contribution in [0.4, 0.5) is 0 Å². The Labute approximate surface area is 136 Å². The fraction of sp³-hybridized carbons (Fsp3) is 0.733. The van der Waals surface area contributed by atoms with Gasteiger partial charge >= 0.3 is 0 Å². The molecule has 0 unspecified atom stereocenters. The van der Waals surface area contributed by atoms with Crippen molar-refractivity contribution in [1.29, 1.82) is 0 Å². The van der Waals surface area contributed by atoms with E-state index in [1.807, 2.05) is 4.90 Å². The molecule has 0 aromatic carbocycles. The molecule has 0 N–H and O–H groups in total. The Morgan fingerprint density at radius 2 is 2.05 bits per heavy atom. The van der Waals surface area contributed by atoms with Crippen LogP contribution in [0.2, 0.25) is 0 Å². The van der Waals surface area contributed by atoms with E-state index in [-0.39, 0.29) is 34.6 Å². The molecule has 0 radical (unpaired) electrons. The van der Waals surface area contributed by atoms with Gasteiger partial charge in [0.25, 0.3) is 5.91 Å². The fourth-order valence-electron chi connectivity index (χ4n) is 3.52. The van der Waals surface area contributed by atoms with Crippen molar-refractivity contribution in [3.05, 3.63) is 12.7 Å². The Kier molecular flexibility index (Phi) is 4.64. The quantitative estimate of drug-likeness (QED) is 0.732. The van der Waals surface area contributed by atoms with Crippen LogP contribution in [0.25, 0.3) is 0 Å². The summed E-state index contributed by atoms with van der Waals surface area (Å²) in [4.78, 5) is 18.7. The van der Waals surface area contributed by atoms with E-state index in [0.29, 0.717) is 11.7 Å². The number of hydrogen-bond donors (Lipinski definition) is 0. The Bertz CT molecular complexity index is 594. The first-order chi connectivity index (χ1) is 10.5. The molecule has 1 aliphatic carbocycles. The Balaban J connectivity index is 1.76. The van der Waals surface area contributed by atoms with Crippen molar-refractivity contribution in [2.24, 2.45) is 10.9 Å². The maximum Gasteiger partial charge on any atom is 0.251 e. The summed E-state index contributed by atoms with van der Waals surface area (Å²) in [5.41, 5.74) is 0. The van der Waals surface area contributed by atoms with Crippen LogP contribution < -0.4 is 0 Å². The summed E-state index contributed by atoms with van der Waals surface area (Å²) in [6, 6.07) is -0.0640. The van der Waals surface area contributed by atoms with Crippen molar-refractivity contribution in [2.45, 2.75) is 43.4 Å². The average Bonchev–Trinajstić information content (AvgIpc) is 2.93. The fourth-order valence-corrected chi connectivity index (χ4v) is 7.49. The second kappa shape index (κ2) is 6.35. The van der Waals surface area contributed by atoms with E-state index >= 15 is 0 Å². The predicted molar refractivity (Wildman–Crippen MR) is 89.7 cm³/mol. The molecule has 0 aromatic heterocycles. The molecular formula is C15H22N2O3S2. The van der Waals surface area contributed by atoms with E-state index in [9.17, 15) is 13.2 Å². The maximum atomic E-state index is 12.4. The number of hydrogen-bond acceptors (Lipinski definition) is 4. The third-order valence-corrected chi connectivity index (χ3v) is 7.91. The topological polar surface area (TPSA) is 66.8 Å². The lowest BCUT2D eigenvalue weighted by Gasteiger charge is -2.23. The highest BCUT2D eigenvalue weighted by Crippen LogP contribution is 2.38. The average molecular weight is 342 g/mol. The molecule has 0 bridgehead atoms. The molecule has 2 atom stereocenters. The normalized spacial score (nSPS) is 33.1. The van der Waals surface area contributed by atoms with Gasteiger partial charge in [0.2, 0.25) is 0 Å². The molecule has 2 saturated heterocycles. The predicted octanol–water partition coefficient (Wildman–Crippen LogP) is 1.85. The molecule has 22 heavy (non-hydrogen) atoms. The van der Waals surface area contributed by atoms with E-state index in [0.717, 1.165) is 25.7 Å². The Morgan fingerprint density at radius 1 is 1.32 bits per heavy atom. The van der Waals surface area contributed by atoms with Gasteiger partial charge in [0, 0.05) is 17.7 Å². The van der Waals surface area contributed by atoms with Gasteiger partial charge in [-0.05, 0) is 12.8 Å². The number of fused-ring (bicyclic) bond motifs is 1. The van der Waals surface area contributed by atoms with Crippen LogP contribution in [0.5, 0.6) is 0 Å². The first kappa shape index (κ1) is 16.1. The van der Waals surface area contributed by atoms with Gasteiger partial charge in [-0.1, -0.05) is 37.1 Å². The molecule has 0 aromatic rings. The summed E-state index contributed by atoms with van der Waals surface area (Å²) in [6.07, 6.45) is 7.03. The standard InChI is InChI=1S/C15H22N2O3S2/c1-2-8-17-12-9-22(19,20)10-13(12)21-15(17)16-14(18)11-6-4-3-5-7-11/h2,11-13H,1,3-10H2/t12-,13+/m0/s1. The molecule has 2 aliphatic heterocycles. The molecule has 5 nitrogen and oxygen atoms in total. The highest BCUT2D eigenvalue weighted by atomic mass is 32.2. The van der Waals surface area contributed by atoms with Gasteiger partial charge in [-0.15, -0.1) is 6.58 Å². The number of thioether (sulfide) groups is 1. The van der Waals surface area contributed by atoms with Gasteiger partial charge in [0.1, 0.15) is 0 Å². The third kappa shape index (κ3) is 3.25. The molecule has 3 aliphatic rings. The van der Waals surface area contributed by atoms with Crippen molar-refractivity contribution < 1.29 is 13.2 Å². The number of sulfone groups is 1. The summed E-state index contributed by atoms with van der Waals surface area (Å²) in [5.74, 6) is 0.373. The molecule has 0 spiro atoms. The zero-order valence-corrected chi connectivity index (χ0v) is 14.2. The van der Waals surface area contributed by atoms with Gasteiger partial charge in [-0.25, -0.2) is 8.42 Å². The van der Waals surface area contributed by atoms with Gasteiger partial charge in [-0.3, -0.25) is 4.79 Å². The SMILES string of the molecule is C=CCN1C(=NC(=O)C2CCCCC2)S[C@@H]2CS(=O)(=O)C[C@@H]21. The number of carbonyl (C=O) groups is 1. The number of rotatable bonds is 3. The van der Waals surface area contributed by atoms with Crippen LogP contribution in [0.15, 0.2) is 17.6 Å². The summed E-state index contributed by atoms with van der Waals surface area (Å²) in [5, 5.41) is 0.697. The lowest BCUT2D eigenvalue weighted by Crippen LogP contribution is -2.37. The molecule has 7 heteroatoms. The van der Waals surface area contributed by atoms with Crippen LogP contribution in [-0.4, -0.2) is 53.7 Å². The number of nitrogens with zero attached hydrogens (tertiary/aromatic N) is 2. The molecule has 3 rings (SSSR count). The Hall–Kier alpha value is -0.820. The smallest absolute Gasteiger partial charge is 0.251 e. The minimum absolute atomic E-state index is 0.00264. The molecule has 1 amide bonds. The second-order valence-corrected chi connectivity index (χ2v) is 9.67.